The van der Waals surface area contributed by atoms with Crippen LogP contribution in [0.2, 0.25) is 0 Å². The zero-order valence-electron chi connectivity index (χ0n) is 11.9. The number of rotatable bonds is 5. The molecule has 0 saturated carbocycles. The summed E-state index contributed by atoms with van der Waals surface area (Å²) >= 11 is 0. The molecule has 5 heteroatoms. The molecule has 0 atom stereocenters. The summed E-state index contributed by atoms with van der Waals surface area (Å²) < 4.78 is 10.7. The average molecular weight is 283 g/mol. The fourth-order valence-corrected chi connectivity index (χ4v) is 2.35. The van der Waals surface area contributed by atoms with E-state index in [1.165, 1.54) is 0 Å². The predicted octanol–water partition coefficient (Wildman–Crippen LogP) is 3.92. The predicted molar refractivity (Wildman–Crippen MR) is 80.5 cm³/mol. The second-order valence-electron chi connectivity index (χ2n) is 4.85. The molecule has 5 nitrogen and oxygen atoms in total. The topological polar surface area (TPSA) is 78.1 Å². The Balaban J connectivity index is 2.18. The van der Waals surface area contributed by atoms with Crippen LogP contribution in [0.15, 0.2) is 45.8 Å². The summed E-state index contributed by atoms with van der Waals surface area (Å²) in [5.74, 6) is 0.942. The SMILES string of the molecule is CCCCc1c(-c2ccoc2)nc(N)nc1-c1ccco1. The van der Waals surface area contributed by atoms with Gasteiger partial charge in [0.25, 0.3) is 0 Å². The summed E-state index contributed by atoms with van der Waals surface area (Å²) in [5, 5.41) is 0. The van der Waals surface area contributed by atoms with Crippen molar-refractivity contribution in [3.05, 3.63) is 42.6 Å². The number of hydrogen-bond donors (Lipinski definition) is 1. The molecule has 0 aliphatic carbocycles. The lowest BCUT2D eigenvalue weighted by Crippen LogP contribution is -2.04. The second kappa shape index (κ2) is 5.83. The zero-order valence-corrected chi connectivity index (χ0v) is 11.9. The number of furan rings is 2. The largest absolute Gasteiger partial charge is 0.472 e. The van der Waals surface area contributed by atoms with Crippen LogP contribution < -0.4 is 5.73 Å². The Labute approximate surface area is 122 Å². The molecule has 3 heterocycles. The Bertz CT molecular complexity index is 648. The standard InChI is InChI=1S/C16H17N3O2/c1-2-3-5-12-14(11-7-9-20-10-11)18-16(17)19-15(12)13-6-4-8-21-13/h4,6-10H,2-3,5H2,1H3,(H2,17,18,19). The summed E-state index contributed by atoms with van der Waals surface area (Å²) in [6.45, 7) is 2.16. The van der Waals surface area contributed by atoms with Gasteiger partial charge in [-0.25, -0.2) is 9.97 Å². The Morgan fingerprint density at radius 3 is 2.67 bits per heavy atom. The fourth-order valence-electron chi connectivity index (χ4n) is 2.35. The van der Waals surface area contributed by atoms with Gasteiger partial charge in [0.05, 0.1) is 24.5 Å². The van der Waals surface area contributed by atoms with Crippen LogP contribution >= 0.6 is 0 Å². The van der Waals surface area contributed by atoms with Gasteiger partial charge in [0, 0.05) is 11.1 Å². The van der Waals surface area contributed by atoms with Crippen LogP contribution in [0, 0.1) is 0 Å². The first kappa shape index (κ1) is 13.4. The van der Waals surface area contributed by atoms with Crippen LogP contribution in [0.1, 0.15) is 25.3 Å². The molecule has 0 saturated heterocycles. The van der Waals surface area contributed by atoms with Crippen molar-refractivity contribution < 1.29 is 8.83 Å². The van der Waals surface area contributed by atoms with Crippen molar-refractivity contribution in [1.29, 1.82) is 0 Å². The van der Waals surface area contributed by atoms with Gasteiger partial charge in [0.15, 0.2) is 5.76 Å². The number of nitrogens with two attached hydrogens (primary N) is 1. The molecule has 108 valence electrons. The average Bonchev–Trinajstić information content (AvgIpc) is 3.18. The van der Waals surface area contributed by atoms with Gasteiger partial charge in [-0.2, -0.15) is 0 Å². The fraction of sp³-hybridized carbons (Fsp3) is 0.250. The summed E-state index contributed by atoms with van der Waals surface area (Å²) in [7, 11) is 0. The molecule has 0 radical (unpaired) electrons. The lowest BCUT2D eigenvalue weighted by Gasteiger charge is -2.12. The van der Waals surface area contributed by atoms with Gasteiger partial charge in [-0.1, -0.05) is 13.3 Å². The lowest BCUT2D eigenvalue weighted by atomic mass is 10.00. The molecule has 21 heavy (non-hydrogen) atoms. The minimum absolute atomic E-state index is 0.234. The molecule has 2 N–H and O–H groups in total. The van der Waals surface area contributed by atoms with Crippen LogP contribution in [-0.2, 0) is 6.42 Å². The van der Waals surface area contributed by atoms with Crippen molar-refractivity contribution in [3.63, 3.8) is 0 Å². The van der Waals surface area contributed by atoms with E-state index >= 15 is 0 Å². The number of nitrogen functional groups attached to an aromatic ring is 1. The Morgan fingerprint density at radius 1 is 1.14 bits per heavy atom. The molecule has 0 aromatic carbocycles. The molecule has 0 amide bonds. The third kappa shape index (κ3) is 2.67. The minimum atomic E-state index is 0.234. The highest BCUT2D eigenvalue weighted by Crippen LogP contribution is 2.32. The van der Waals surface area contributed by atoms with Crippen molar-refractivity contribution >= 4 is 5.95 Å². The number of nitrogens with zero attached hydrogens (tertiary/aromatic N) is 2. The number of aromatic nitrogens is 2. The first-order valence-corrected chi connectivity index (χ1v) is 7.02. The van der Waals surface area contributed by atoms with Gasteiger partial charge < -0.3 is 14.6 Å². The first-order valence-electron chi connectivity index (χ1n) is 7.02. The van der Waals surface area contributed by atoms with Crippen LogP contribution in [0.4, 0.5) is 5.95 Å². The van der Waals surface area contributed by atoms with Crippen molar-refractivity contribution in [2.24, 2.45) is 0 Å². The third-order valence-corrected chi connectivity index (χ3v) is 3.35. The maximum absolute atomic E-state index is 5.87. The van der Waals surface area contributed by atoms with E-state index < -0.39 is 0 Å². The lowest BCUT2D eigenvalue weighted by molar-refractivity contribution is 0.568. The smallest absolute Gasteiger partial charge is 0.221 e. The van der Waals surface area contributed by atoms with Crippen LogP contribution in [0.25, 0.3) is 22.7 Å². The maximum Gasteiger partial charge on any atom is 0.221 e. The monoisotopic (exact) mass is 283 g/mol. The highest BCUT2D eigenvalue weighted by Gasteiger charge is 2.18. The van der Waals surface area contributed by atoms with Crippen molar-refractivity contribution in [3.8, 4) is 22.7 Å². The van der Waals surface area contributed by atoms with E-state index in [2.05, 4.69) is 16.9 Å². The highest BCUT2D eigenvalue weighted by atomic mass is 16.3. The highest BCUT2D eigenvalue weighted by molar-refractivity contribution is 5.72. The summed E-state index contributed by atoms with van der Waals surface area (Å²) in [5.41, 5.74) is 9.40. The van der Waals surface area contributed by atoms with E-state index in [0.29, 0.717) is 5.76 Å². The number of unbranched alkanes of at least 4 members (excludes halogenated alkanes) is 1. The molecular formula is C16H17N3O2. The molecule has 0 bridgehead atoms. The van der Waals surface area contributed by atoms with Gasteiger partial charge in [0.2, 0.25) is 5.95 Å². The second-order valence-corrected chi connectivity index (χ2v) is 4.85. The van der Waals surface area contributed by atoms with E-state index in [-0.39, 0.29) is 5.95 Å². The van der Waals surface area contributed by atoms with Gasteiger partial charge in [0.1, 0.15) is 5.69 Å². The van der Waals surface area contributed by atoms with Crippen molar-refractivity contribution in [2.75, 3.05) is 5.73 Å². The molecule has 3 aromatic rings. The minimum Gasteiger partial charge on any atom is -0.472 e. The molecule has 0 aliphatic heterocycles. The van der Waals surface area contributed by atoms with E-state index in [1.807, 2.05) is 18.2 Å². The van der Waals surface area contributed by atoms with E-state index in [9.17, 15) is 0 Å². The molecule has 0 unspecified atom stereocenters. The quantitative estimate of drug-likeness (QED) is 0.767. The van der Waals surface area contributed by atoms with Crippen LogP contribution in [0.5, 0.6) is 0 Å². The number of hydrogen-bond acceptors (Lipinski definition) is 5. The summed E-state index contributed by atoms with van der Waals surface area (Å²) in [6.07, 6.45) is 7.94. The van der Waals surface area contributed by atoms with Crippen LogP contribution in [0.3, 0.4) is 0 Å². The van der Waals surface area contributed by atoms with E-state index in [1.54, 1.807) is 18.8 Å². The summed E-state index contributed by atoms with van der Waals surface area (Å²) in [6, 6.07) is 5.61. The van der Waals surface area contributed by atoms with Crippen LogP contribution in [-0.4, -0.2) is 9.97 Å². The van der Waals surface area contributed by atoms with Crippen molar-refractivity contribution in [1.82, 2.24) is 9.97 Å². The maximum atomic E-state index is 5.87. The molecule has 0 fully saturated rings. The normalized spacial score (nSPS) is 10.9. The molecule has 0 aliphatic rings. The Kier molecular flexibility index (Phi) is 3.73. The van der Waals surface area contributed by atoms with Gasteiger partial charge in [-0.05, 0) is 31.0 Å². The number of anilines is 1. The van der Waals surface area contributed by atoms with Crippen molar-refractivity contribution in [2.45, 2.75) is 26.2 Å². The molecule has 3 aromatic heterocycles. The van der Waals surface area contributed by atoms with E-state index in [4.69, 9.17) is 14.6 Å². The Morgan fingerprint density at radius 2 is 2.00 bits per heavy atom. The first-order chi connectivity index (χ1) is 10.3. The third-order valence-electron chi connectivity index (χ3n) is 3.35. The van der Waals surface area contributed by atoms with Gasteiger partial charge in [-0.15, -0.1) is 0 Å². The molecule has 3 rings (SSSR count). The Hall–Kier alpha value is -2.56. The van der Waals surface area contributed by atoms with Gasteiger partial charge >= 0.3 is 0 Å². The molecule has 0 spiro atoms. The summed E-state index contributed by atoms with van der Waals surface area (Å²) in [4.78, 5) is 8.79. The molecular weight excluding hydrogens is 266 g/mol. The van der Waals surface area contributed by atoms with Gasteiger partial charge in [-0.3, -0.25) is 0 Å². The van der Waals surface area contributed by atoms with E-state index in [0.717, 1.165) is 41.8 Å². The zero-order chi connectivity index (χ0) is 14.7.